The van der Waals surface area contributed by atoms with Crippen molar-refractivity contribution in [3.8, 4) is 0 Å². The van der Waals surface area contributed by atoms with Crippen LogP contribution in [0.3, 0.4) is 0 Å². The number of aliphatic carboxylic acids is 1. The van der Waals surface area contributed by atoms with Crippen LogP contribution in [-0.4, -0.2) is 82.3 Å². The van der Waals surface area contributed by atoms with Crippen LogP contribution in [0.2, 0.25) is 0 Å². The van der Waals surface area contributed by atoms with Crippen molar-refractivity contribution in [2.45, 2.75) is 70.1 Å². The Bertz CT molecular complexity index is 704. The summed E-state index contributed by atoms with van der Waals surface area (Å²) in [5.41, 5.74) is 11.2. The summed E-state index contributed by atoms with van der Waals surface area (Å²) in [5.74, 6) is -3.12. The molecular formula is C20H35N5O6S. The SMILES string of the molecule is CSCCC(N)C(=O)N1CCCC1C(=O)NC(CC(N)=O)C(=O)NC(CC(C)C)C(=O)O. The van der Waals surface area contributed by atoms with Gasteiger partial charge in [0.2, 0.25) is 23.6 Å². The molecule has 1 rings (SSSR count). The third kappa shape index (κ3) is 8.65. The number of likely N-dealkylation sites (tertiary alicyclic amines) is 1. The van der Waals surface area contributed by atoms with E-state index in [1.165, 1.54) is 4.90 Å². The molecule has 0 radical (unpaired) electrons. The van der Waals surface area contributed by atoms with Crippen LogP contribution in [0.1, 0.15) is 46.0 Å². The Balaban J connectivity index is 2.90. The van der Waals surface area contributed by atoms with Crippen molar-refractivity contribution >= 4 is 41.4 Å². The number of carbonyl (C=O) groups is 5. The van der Waals surface area contributed by atoms with Gasteiger partial charge in [-0.25, -0.2) is 4.79 Å². The summed E-state index contributed by atoms with van der Waals surface area (Å²) in [5, 5.41) is 14.2. The van der Waals surface area contributed by atoms with E-state index in [0.717, 1.165) is 0 Å². The van der Waals surface area contributed by atoms with Crippen LogP contribution < -0.4 is 22.1 Å². The van der Waals surface area contributed by atoms with E-state index in [-0.39, 0.29) is 18.2 Å². The van der Waals surface area contributed by atoms with Gasteiger partial charge in [-0.3, -0.25) is 19.2 Å². The van der Waals surface area contributed by atoms with Crippen LogP contribution in [-0.2, 0) is 24.0 Å². The van der Waals surface area contributed by atoms with Crippen molar-refractivity contribution in [2.75, 3.05) is 18.6 Å². The van der Waals surface area contributed by atoms with Gasteiger partial charge < -0.3 is 32.1 Å². The Labute approximate surface area is 192 Å². The maximum Gasteiger partial charge on any atom is 0.326 e. The lowest BCUT2D eigenvalue weighted by Crippen LogP contribution is -2.57. The predicted molar refractivity (Wildman–Crippen MR) is 120 cm³/mol. The van der Waals surface area contributed by atoms with Gasteiger partial charge in [-0.2, -0.15) is 11.8 Å². The van der Waals surface area contributed by atoms with Gasteiger partial charge in [0.25, 0.3) is 0 Å². The number of amides is 4. The molecular weight excluding hydrogens is 438 g/mol. The summed E-state index contributed by atoms with van der Waals surface area (Å²) < 4.78 is 0. The molecule has 0 aromatic rings. The Morgan fingerprint density at radius 2 is 1.81 bits per heavy atom. The van der Waals surface area contributed by atoms with E-state index >= 15 is 0 Å². The van der Waals surface area contributed by atoms with Gasteiger partial charge in [0.05, 0.1) is 12.5 Å². The largest absolute Gasteiger partial charge is 0.480 e. The lowest BCUT2D eigenvalue weighted by Gasteiger charge is -2.28. The van der Waals surface area contributed by atoms with E-state index in [9.17, 15) is 29.1 Å². The molecule has 0 saturated carbocycles. The molecule has 0 aromatic heterocycles. The number of rotatable bonds is 13. The summed E-state index contributed by atoms with van der Waals surface area (Å²) in [4.78, 5) is 62.6. The third-order valence-electron chi connectivity index (χ3n) is 5.15. The van der Waals surface area contributed by atoms with Gasteiger partial charge in [-0.15, -0.1) is 0 Å². The molecule has 1 heterocycles. The lowest BCUT2D eigenvalue weighted by atomic mass is 10.0. The Hall–Kier alpha value is -2.34. The summed E-state index contributed by atoms with van der Waals surface area (Å²) >= 11 is 1.56. The van der Waals surface area contributed by atoms with Crippen LogP contribution in [0.25, 0.3) is 0 Å². The molecule has 12 heteroatoms. The molecule has 1 fully saturated rings. The number of primary amides is 1. The molecule has 1 aliphatic rings. The highest BCUT2D eigenvalue weighted by Gasteiger charge is 2.38. The molecule has 0 aromatic carbocycles. The van der Waals surface area contributed by atoms with E-state index in [4.69, 9.17) is 11.5 Å². The van der Waals surface area contributed by atoms with Gasteiger partial charge in [0.15, 0.2) is 0 Å². The van der Waals surface area contributed by atoms with Crippen LogP contribution in [0, 0.1) is 5.92 Å². The van der Waals surface area contributed by atoms with Gasteiger partial charge in [-0.1, -0.05) is 13.8 Å². The molecule has 1 aliphatic heterocycles. The van der Waals surface area contributed by atoms with E-state index in [1.807, 2.05) is 6.26 Å². The first-order valence-electron chi connectivity index (χ1n) is 10.6. The second kappa shape index (κ2) is 13.3. The van der Waals surface area contributed by atoms with E-state index in [1.54, 1.807) is 25.6 Å². The zero-order chi connectivity index (χ0) is 24.4. The number of carboxylic acids is 1. The highest BCUT2D eigenvalue weighted by Crippen LogP contribution is 2.19. The topological polar surface area (TPSA) is 185 Å². The number of thioether (sulfide) groups is 1. The standard InChI is InChI=1S/C20H35N5O6S/c1-11(2)9-14(20(30)31)24-17(27)13(10-16(22)26)23-18(28)15-5-4-7-25(15)19(29)12(21)6-8-32-3/h11-15H,4-10,21H2,1-3H3,(H2,22,26)(H,23,28)(H,24,27)(H,30,31). The molecule has 7 N–H and O–H groups in total. The Morgan fingerprint density at radius 1 is 1.16 bits per heavy atom. The third-order valence-corrected chi connectivity index (χ3v) is 5.79. The smallest absolute Gasteiger partial charge is 0.326 e. The van der Waals surface area contributed by atoms with Crippen molar-refractivity contribution < 1.29 is 29.1 Å². The quantitative estimate of drug-likeness (QED) is 0.226. The monoisotopic (exact) mass is 473 g/mol. The van der Waals surface area contributed by atoms with Crippen LogP contribution in [0.4, 0.5) is 0 Å². The van der Waals surface area contributed by atoms with Gasteiger partial charge in [-0.05, 0) is 43.6 Å². The average molecular weight is 474 g/mol. The molecule has 1 saturated heterocycles. The maximum atomic E-state index is 12.9. The van der Waals surface area contributed by atoms with E-state index in [0.29, 0.717) is 31.6 Å². The summed E-state index contributed by atoms with van der Waals surface area (Å²) in [7, 11) is 0. The number of hydrogen-bond acceptors (Lipinski definition) is 7. The van der Waals surface area contributed by atoms with Crippen molar-refractivity contribution in [1.82, 2.24) is 15.5 Å². The first-order chi connectivity index (χ1) is 15.0. The highest BCUT2D eigenvalue weighted by molar-refractivity contribution is 7.98. The lowest BCUT2D eigenvalue weighted by molar-refractivity contribution is -0.143. The number of nitrogens with two attached hydrogens (primary N) is 2. The van der Waals surface area contributed by atoms with Crippen LogP contribution in [0.5, 0.6) is 0 Å². The molecule has 4 amide bonds. The van der Waals surface area contributed by atoms with Crippen molar-refractivity contribution in [3.05, 3.63) is 0 Å². The average Bonchev–Trinajstić information content (AvgIpc) is 3.19. The summed E-state index contributed by atoms with van der Waals surface area (Å²) in [6.45, 7) is 3.98. The minimum Gasteiger partial charge on any atom is -0.480 e. The van der Waals surface area contributed by atoms with E-state index in [2.05, 4.69) is 10.6 Å². The highest BCUT2D eigenvalue weighted by atomic mass is 32.2. The minimum atomic E-state index is -1.35. The normalized spacial score (nSPS) is 18.7. The molecule has 4 atom stereocenters. The second-order valence-electron chi connectivity index (χ2n) is 8.34. The van der Waals surface area contributed by atoms with E-state index < -0.39 is 54.3 Å². The van der Waals surface area contributed by atoms with Crippen molar-refractivity contribution in [2.24, 2.45) is 17.4 Å². The van der Waals surface area contributed by atoms with Gasteiger partial charge >= 0.3 is 5.97 Å². The zero-order valence-corrected chi connectivity index (χ0v) is 19.7. The van der Waals surface area contributed by atoms with Crippen molar-refractivity contribution in [1.29, 1.82) is 0 Å². The summed E-state index contributed by atoms with van der Waals surface area (Å²) in [6, 6.07) is -4.07. The maximum absolute atomic E-state index is 12.9. The van der Waals surface area contributed by atoms with Crippen LogP contribution in [0.15, 0.2) is 0 Å². The fraction of sp³-hybridized carbons (Fsp3) is 0.750. The molecule has 32 heavy (non-hydrogen) atoms. The fourth-order valence-electron chi connectivity index (χ4n) is 3.53. The van der Waals surface area contributed by atoms with Gasteiger partial charge in [0.1, 0.15) is 18.1 Å². The Morgan fingerprint density at radius 3 is 2.34 bits per heavy atom. The zero-order valence-electron chi connectivity index (χ0n) is 18.8. The van der Waals surface area contributed by atoms with Crippen LogP contribution >= 0.6 is 11.8 Å². The number of nitrogens with zero attached hydrogens (tertiary/aromatic N) is 1. The van der Waals surface area contributed by atoms with Crippen molar-refractivity contribution in [3.63, 3.8) is 0 Å². The minimum absolute atomic E-state index is 0.00559. The number of carboxylic acid groups (broad SMARTS) is 1. The first kappa shape index (κ1) is 27.7. The molecule has 4 unspecified atom stereocenters. The van der Waals surface area contributed by atoms with Gasteiger partial charge in [0, 0.05) is 6.54 Å². The number of nitrogens with one attached hydrogen (secondary N) is 2. The molecule has 182 valence electrons. The fourth-order valence-corrected chi connectivity index (χ4v) is 4.02. The Kier molecular flexibility index (Phi) is 11.5. The number of hydrogen-bond donors (Lipinski definition) is 5. The molecule has 11 nitrogen and oxygen atoms in total. The molecule has 0 aliphatic carbocycles. The predicted octanol–water partition coefficient (Wildman–Crippen LogP) is -0.966. The molecule has 0 spiro atoms. The second-order valence-corrected chi connectivity index (χ2v) is 9.32. The summed E-state index contributed by atoms with van der Waals surface area (Å²) in [6.07, 6.45) is 3.05. The number of carbonyl (C=O) groups excluding carboxylic acids is 4. The first-order valence-corrected chi connectivity index (χ1v) is 12.0. The molecule has 0 bridgehead atoms.